The standard InChI is InChI=1S/C27H24F3N4O6S2/c1-39-24-9-3-18(4-10-24)31-21-15-22(32-19-5-11-25(40-2)12-6-19)17-23(16-21)33-20-7-13-26(14-8-20)41(35,36)34-42(37,38)27(28,29)30/h3-17,31-33H,1-2H3/q-1. The van der Waals surface area contributed by atoms with Gasteiger partial charge in [-0.2, -0.15) is 13.2 Å². The van der Waals surface area contributed by atoms with Gasteiger partial charge in [-0.05, 0) is 91.0 Å². The lowest BCUT2D eigenvalue weighted by molar-refractivity contribution is -0.0425. The summed E-state index contributed by atoms with van der Waals surface area (Å²) in [5, 5.41) is 9.69. The minimum atomic E-state index is -6.24. The quantitative estimate of drug-likeness (QED) is 0.164. The molecule has 0 amide bonds. The molecule has 0 aromatic heterocycles. The normalized spacial score (nSPS) is 11.9. The zero-order valence-corrected chi connectivity index (χ0v) is 23.6. The zero-order valence-electron chi connectivity index (χ0n) is 22.0. The number of nitrogens with one attached hydrogen (secondary N) is 3. The van der Waals surface area contributed by atoms with E-state index in [2.05, 4.69) is 20.1 Å². The SMILES string of the molecule is COc1ccc(Nc2cc(Nc3ccc(OC)cc3)cc(Nc3ccc(S(=O)(=O)[N-]S(=O)(=O)C(F)(F)F)cc3)c2)cc1. The molecule has 222 valence electrons. The van der Waals surface area contributed by atoms with Gasteiger partial charge in [0.15, 0.2) is 10.0 Å². The van der Waals surface area contributed by atoms with E-state index in [1.807, 2.05) is 30.3 Å². The third-order valence-corrected chi connectivity index (χ3v) is 8.64. The number of sulfonamides is 2. The molecular formula is C27H24F3N4O6S2-. The molecule has 0 radical (unpaired) electrons. The van der Waals surface area contributed by atoms with Crippen molar-refractivity contribution >= 4 is 54.2 Å². The number of methoxy groups -OCH3 is 2. The lowest BCUT2D eigenvalue weighted by atomic mass is 10.2. The maximum absolute atomic E-state index is 12.6. The van der Waals surface area contributed by atoms with Crippen molar-refractivity contribution in [3.8, 4) is 11.5 Å². The molecule has 4 aromatic carbocycles. The van der Waals surface area contributed by atoms with Gasteiger partial charge in [0, 0.05) is 39.0 Å². The summed E-state index contributed by atoms with van der Waals surface area (Å²) in [7, 11) is -8.24. The van der Waals surface area contributed by atoms with Gasteiger partial charge in [-0.3, -0.25) is 0 Å². The summed E-state index contributed by atoms with van der Waals surface area (Å²) in [5.41, 5.74) is -2.02. The molecule has 0 atom stereocenters. The van der Waals surface area contributed by atoms with Gasteiger partial charge in [-0.15, -0.1) is 0 Å². The molecule has 42 heavy (non-hydrogen) atoms. The number of halogens is 3. The molecule has 0 spiro atoms. The second-order valence-electron chi connectivity index (χ2n) is 8.63. The molecule has 0 aliphatic carbocycles. The molecule has 0 unspecified atom stereocenters. The summed E-state index contributed by atoms with van der Waals surface area (Å²) >= 11 is 0. The number of ether oxygens (including phenoxy) is 2. The van der Waals surface area contributed by atoms with E-state index in [1.54, 1.807) is 50.6 Å². The molecule has 4 rings (SSSR count). The van der Waals surface area contributed by atoms with Gasteiger partial charge in [0.05, 0.1) is 14.2 Å². The second-order valence-corrected chi connectivity index (χ2v) is 12.1. The van der Waals surface area contributed by atoms with Gasteiger partial charge in [-0.25, -0.2) is 16.8 Å². The summed E-state index contributed by atoms with van der Waals surface area (Å²) in [6, 6.07) is 24.3. The van der Waals surface area contributed by atoms with E-state index in [0.717, 1.165) is 23.5 Å². The Labute approximate surface area is 240 Å². The van der Waals surface area contributed by atoms with Crippen molar-refractivity contribution in [3.05, 3.63) is 95.1 Å². The first-order valence-corrected chi connectivity index (χ1v) is 14.8. The highest BCUT2D eigenvalue weighted by atomic mass is 32.3. The number of rotatable bonds is 11. The number of nitrogens with zero attached hydrogens (tertiary/aromatic N) is 1. The summed E-state index contributed by atoms with van der Waals surface area (Å²) in [6.45, 7) is 0. The molecule has 10 nitrogen and oxygen atoms in total. The molecule has 0 bridgehead atoms. The van der Waals surface area contributed by atoms with Crippen molar-refractivity contribution in [1.29, 1.82) is 0 Å². The number of hydrogen-bond acceptors (Lipinski definition) is 9. The van der Waals surface area contributed by atoms with Crippen molar-refractivity contribution in [2.24, 2.45) is 0 Å². The fourth-order valence-corrected chi connectivity index (χ4v) is 5.81. The summed E-state index contributed by atoms with van der Waals surface area (Å²) in [4.78, 5) is -0.724. The minimum Gasteiger partial charge on any atom is -0.497 e. The fraction of sp³-hybridized carbons (Fsp3) is 0.111. The Morgan fingerprint density at radius 3 is 1.21 bits per heavy atom. The van der Waals surface area contributed by atoms with Crippen LogP contribution < -0.4 is 25.4 Å². The monoisotopic (exact) mass is 621 g/mol. The summed E-state index contributed by atoms with van der Waals surface area (Å²) in [6.07, 6.45) is 0. The van der Waals surface area contributed by atoms with Gasteiger partial charge in [0.2, 0.25) is 0 Å². The highest BCUT2D eigenvalue weighted by Crippen LogP contribution is 2.34. The van der Waals surface area contributed by atoms with Gasteiger partial charge in [0.1, 0.15) is 21.5 Å². The maximum atomic E-state index is 12.6. The summed E-state index contributed by atoms with van der Waals surface area (Å²) < 4.78 is 97.2. The van der Waals surface area contributed by atoms with Gasteiger partial charge < -0.3 is 29.6 Å². The van der Waals surface area contributed by atoms with Crippen LogP contribution in [0.15, 0.2) is 95.9 Å². The predicted octanol–water partition coefficient (Wildman–Crippen LogP) is 6.85. The van der Waals surface area contributed by atoms with Crippen molar-refractivity contribution in [2.75, 3.05) is 30.2 Å². The van der Waals surface area contributed by atoms with Crippen molar-refractivity contribution in [1.82, 2.24) is 0 Å². The second kappa shape index (κ2) is 12.2. The van der Waals surface area contributed by atoms with Crippen LogP contribution in [0.2, 0.25) is 0 Å². The molecule has 0 saturated heterocycles. The molecule has 3 N–H and O–H groups in total. The average molecular weight is 622 g/mol. The Morgan fingerprint density at radius 1 is 0.571 bits per heavy atom. The van der Waals surface area contributed by atoms with Crippen LogP contribution >= 0.6 is 0 Å². The Bertz CT molecular complexity index is 1680. The third kappa shape index (κ3) is 7.63. The molecule has 4 aromatic rings. The smallest absolute Gasteiger partial charge is 0.480 e. The Balaban J connectivity index is 1.59. The van der Waals surface area contributed by atoms with E-state index >= 15 is 0 Å². The lowest BCUT2D eigenvalue weighted by Crippen LogP contribution is -2.24. The number of anilines is 6. The summed E-state index contributed by atoms with van der Waals surface area (Å²) in [5.74, 6) is 1.37. The molecule has 0 saturated carbocycles. The highest BCUT2D eigenvalue weighted by molar-refractivity contribution is 8.12. The van der Waals surface area contributed by atoms with E-state index in [9.17, 15) is 30.0 Å². The lowest BCUT2D eigenvalue weighted by Gasteiger charge is -2.22. The molecule has 0 aliphatic rings. The van der Waals surface area contributed by atoms with Crippen LogP contribution in [0.25, 0.3) is 4.13 Å². The molecular weight excluding hydrogens is 597 g/mol. The van der Waals surface area contributed by atoms with E-state index in [0.29, 0.717) is 34.2 Å². The van der Waals surface area contributed by atoms with E-state index in [4.69, 9.17) is 9.47 Å². The van der Waals surface area contributed by atoms with Crippen LogP contribution in [-0.2, 0) is 20.0 Å². The highest BCUT2D eigenvalue weighted by Gasteiger charge is 2.40. The molecule has 0 heterocycles. The Kier molecular flexibility index (Phi) is 8.84. The number of alkyl halides is 3. The van der Waals surface area contributed by atoms with E-state index in [-0.39, 0.29) is 0 Å². The first-order chi connectivity index (χ1) is 19.8. The van der Waals surface area contributed by atoms with Crippen LogP contribution in [0.1, 0.15) is 0 Å². The Hall–Kier alpha value is -4.47. The van der Waals surface area contributed by atoms with E-state index in [1.165, 1.54) is 12.1 Å². The third-order valence-electron chi connectivity index (χ3n) is 5.62. The number of benzene rings is 4. The van der Waals surface area contributed by atoms with Crippen LogP contribution in [0.3, 0.4) is 0 Å². The first-order valence-electron chi connectivity index (χ1n) is 11.9. The zero-order chi connectivity index (χ0) is 30.5. The van der Waals surface area contributed by atoms with Crippen LogP contribution in [0, 0.1) is 0 Å². The van der Waals surface area contributed by atoms with Crippen molar-refractivity contribution < 1.29 is 39.5 Å². The van der Waals surface area contributed by atoms with Crippen molar-refractivity contribution in [3.63, 3.8) is 0 Å². The minimum absolute atomic E-state index is 0.365. The maximum Gasteiger partial charge on any atom is 0.480 e. The predicted molar refractivity (Wildman–Crippen MR) is 154 cm³/mol. The molecule has 15 heteroatoms. The van der Waals surface area contributed by atoms with Gasteiger partial charge in [0.25, 0.3) is 0 Å². The van der Waals surface area contributed by atoms with Crippen LogP contribution in [0.5, 0.6) is 11.5 Å². The largest absolute Gasteiger partial charge is 0.497 e. The van der Waals surface area contributed by atoms with Crippen LogP contribution in [-0.4, -0.2) is 36.6 Å². The fourth-order valence-electron chi connectivity index (χ4n) is 3.62. The van der Waals surface area contributed by atoms with Crippen LogP contribution in [0.4, 0.5) is 47.3 Å². The average Bonchev–Trinajstić information content (AvgIpc) is 2.93. The molecule has 0 aliphatic heterocycles. The van der Waals surface area contributed by atoms with Crippen molar-refractivity contribution in [2.45, 2.75) is 10.4 Å². The first kappa shape index (κ1) is 30.5. The van der Waals surface area contributed by atoms with Gasteiger partial charge >= 0.3 is 5.51 Å². The number of hydrogen-bond donors (Lipinski definition) is 3. The van der Waals surface area contributed by atoms with E-state index < -0.39 is 30.5 Å². The Morgan fingerprint density at radius 2 is 0.905 bits per heavy atom. The van der Waals surface area contributed by atoms with Gasteiger partial charge in [-0.1, -0.05) is 0 Å². The topological polar surface area (TPSA) is 137 Å². The molecule has 0 fully saturated rings.